The number of thiophene rings is 1. The zero-order valence-corrected chi connectivity index (χ0v) is 19.5. The maximum Gasteiger partial charge on any atom is 0.272 e. The molecule has 1 aliphatic rings. The van der Waals surface area contributed by atoms with Crippen molar-refractivity contribution >= 4 is 50.7 Å². The number of nitrogens with zero attached hydrogens (tertiary/aromatic N) is 4. The molecule has 1 atom stereocenters. The number of anilines is 1. The van der Waals surface area contributed by atoms with Gasteiger partial charge in [0.05, 0.1) is 23.9 Å². The predicted molar refractivity (Wildman–Crippen MR) is 127 cm³/mol. The van der Waals surface area contributed by atoms with E-state index in [4.69, 9.17) is 4.74 Å². The predicted octanol–water partition coefficient (Wildman–Crippen LogP) is 3.63. The molecule has 32 heavy (non-hydrogen) atoms. The first kappa shape index (κ1) is 21.2. The smallest absolute Gasteiger partial charge is 0.272 e. The molecule has 1 N–H and O–H groups in total. The quantitative estimate of drug-likeness (QED) is 0.434. The van der Waals surface area contributed by atoms with E-state index in [9.17, 15) is 9.59 Å². The van der Waals surface area contributed by atoms with E-state index in [1.54, 1.807) is 4.57 Å². The van der Waals surface area contributed by atoms with Gasteiger partial charge in [-0.2, -0.15) is 0 Å². The largest absolute Gasteiger partial charge is 0.376 e. The van der Waals surface area contributed by atoms with E-state index < -0.39 is 0 Å². The number of thioether (sulfide) groups is 1. The van der Waals surface area contributed by atoms with Gasteiger partial charge in [0.1, 0.15) is 4.70 Å². The van der Waals surface area contributed by atoms with Crippen molar-refractivity contribution < 1.29 is 9.53 Å². The number of rotatable bonds is 6. The second kappa shape index (κ2) is 8.68. The van der Waals surface area contributed by atoms with Crippen LogP contribution < -0.4 is 10.9 Å². The van der Waals surface area contributed by atoms with E-state index in [2.05, 4.69) is 15.5 Å². The third-order valence-corrected chi connectivity index (χ3v) is 7.40. The van der Waals surface area contributed by atoms with Crippen LogP contribution in [-0.2, 0) is 16.1 Å². The van der Waals surface area contributed by atoms with Crippen molar-refractivity contribution in [1.29, 1.82) is 0 Å². The van der Waals surface area contributed by atoms with E-state index >= 15 is 0 Å². The van der Waals surface area contributed by atoms with Gasteiger partial charge in [-0.05, 0) is 49.8 Å². The van der Waals surface area contributed by atoms with Crippen LogP contribution in [0.4, 0.5) is 5.69 Å². The fourth-order valence-electron chi connectivity index (χ4n) is 4.02. The average molecular weight is 470 g/mol. The molecule has 0 bridgehead atoms. The number of amides is 1. The summed E-state index contributed by atoms with van der Waals surface area (Å²) in [5, 5.41) is 14.1. The normalized spacial score (nSPS) is 16.2. The molecule has 1 amide bonds. The van der Waals surface area contributed by atoms with E-state index in [1.165, 1.54) is 23.1 Å². The van der Waals surface area contributed by atoms with Crippen LogP contribution in [0.2, 0.25) is 0 Å². The molecule has 0 aliphatic carbocycles. The number of hydrogen-bond donors (Lipinski definition) is 1. The molecule has 1 aromatic carbocycles. The van der Waals surface area contributed by atoms with Crippen molar-refractivity contribution in [3.05, 3.63) is 51.1 Å². The van der Waals surface area contributed by atoms with Crippen LogP contribution in [0.1, 0.15) is 24.0 Å². The van der Waals surface area contributed by atoms with E-state index in [0.29, 0.717) is 22.2 Å². The van der Waals surface area contributed by atoms with Crippen molar-refractivity contribution in [2.45, 2.75) is 44.5 Å². The Morgan fingerprint density at radius 3 is 2.97 bits per heavy atom. The molecule has 4 heterocycles. The maximum atomic E-state index is 13.1. The summed E-state index contributed by atoms with van der Waals surface area (Å²) in [5.74, 6) is 0.548. The number of carbonyl (C=O) groups is 1. The highest BCUT2D eigenvalue weighted by Gasteiger charge is 2.23. The zero-order valence-electron chi connectivity index (χ0n) is 17.8. The van der Waals surface area contributed by atoms with Crippen LogP contribution in [0.15, 0.2) is 39.6 Å². The lowest BCUT2D eigenvalue weighted by Gasteiger charge is -2.13. The molecule has 10 heteroatoms. The Labute approximate surface area is 192 Å². The van der Waals surface area contributed by atoms with Crippen LogP contribution >= 0.6 is 23.1 Å². The molecule has 4 aromatic rings. The second-order valence-electron chi connectivity index (χ2n) is 7.96. The summed E-state index contributed by atoms with van der Waals surface area (Å²) in [6.07, 6.45) is 1.93. The lowest BCUT2D eigenvalue weighted by molar-refractivity contribution is -0.113. The van der Waals surface area contributed by atoms with Crippen LogP contribution in [0, 0.1) is 13.8 Å². The van der Waals surface area contributed by atoms with Crippen LogP contribution in [0.5, 0.6) is 0 Å². The molecule has 5 rings (SSSR count). The van der Waals surface area contributed by atoms with Crippen molar-refractivity contribution in [2.24, 2.45) is 0 Å². The third kappa shape index (κ3) is 3.94. The van der Waals surface area contributed by atoms with Crippen LogP contribution in [-0.4, -0.2) is 43.5 Å². The van der Waals surface area contributed by atoms with Crippen molar-refractivity contribution in [2.75, 3.05) is 17.7 Å². The monoisotopic (exact) mass is 469 g/mol. The third-order valence-electron chi connectivity index (χ3n) is 5.58. The van der Waals surface area contributed by atoms with Gasteiger partial charge in [-0.3, -0.25) is 18.6 Å². The van der Waals surface area contributed by atoms with Gasteiger partial charge in [0.15, 0.2) is 5.16 Å². The van der Waals surface area contributed by atoms with Gasteiger partial charge in [0.25, 0.3) is 5.56 Å². The van der Waals surface area contributed by atoms with E-state index in [0.717, 1.165) is 41.8 Å². The zero-order chi connectivity index (χ0) is 22.2. The Morgan fingerprint density at radius 1 is 1.31 bits per heavy atom. The van der Waals surface area contributed by atoms with Crippen LogP contribution in [0.25, 0.3) is 16.0 Å². The minimum Gasteiger partial charge on any atom is -0.376 e. The number of benzene rings is 1. The Morgan fingerprint density at radius 2 is 2.19 bits per heavy atom. The van der Waals surface area contributed by atoms with Gasteiger partial charge >= 0.3 is 0 Å². The van der Waals surface area contributed by atoms with E-state index in [-0.39, 0.29) is 23.3 Å². The summed E-state index contributed by atoms with van der Waals surface area (Å²) in [6.45, 7) is 5.17. The van der Waals surface area contributed by atoms with Gasteiger partial charge in [0, 0.05) is 12.3 Å². The van der Waals surface area contributed by atoms with Crippen molar-refractivity contribution in [3.63, 3.8) is 0 Å². The lowest BCUT2D eigenvalue weighted by atomic mass is 10.1. The molecular weight excluding hydrogens is 446 g/mol. The van der Waals surface area contributed by atoms with Gasteiger partial charge in [0.2, 0.25) is 11.7 Å². The number of hydrogen-bond acceptors (Lipinski definition) is 7. The number of fused-ring (bicyclic) bond motifs is 3. The number of nitrogens with one attached hydrogen (secondary N) is 1. The van der Waals surface area contributed by atoms with Gasteiger partial charge < -0.3 is 10.1 Å². The first-order valence-corrected chi connectivity index (χ1v) is 12.3. The number of carbonyl (C=O) groups excluding carboxylic acids is 1. The van der Waals surface area contributed by atoms with E-state index in [1.807, 2.05) is 47.9 Å². The summed E-state index contributed by atoms with van der Waals surface area (Å²) in [6, 6.07) is 7.82. The molecule has 3 aromatic heterocycles. The molecule has 8 nitrogen and oxygen atoms in total. The van der Waals surface area contributed by atoms with Gasteiger partial charge in [-0.15, -0.1) is 21.5 Å². The summed E-state index contributed by atoms with van der Waals surface area (Å²) in [4.78, 5) is 25.7. The molecule has 0 saturated carbocycles. The number of aromatic nitrogens is 4. The Bertz CT molecular complexity index is 1370. The fraction of sp³-hybridized carbons (Fsp3) is 0.364. The SMILES string of the molecule is Cc1ccc(NC(=O)CSc2nnc3n(CC4CCCO4)c(=O)c4sccc4n23)c(C)c1. The van der Waals surface area contributed by atoms with Gasteiger partial charge in [-0.25, -0.2) is 0 Å². The Balaban J connectivity index is 1.42. The summed E-state index contributed by atoms with van der Waals surface area (Å²) in [7, 11) is 0. The minimum atomic E-state index is -0.118. The number of aryl methyl sites for hydroxylation is 2. The Kier molecular flexibility index (Phi) is 5.75. The fourth-order valence-corrected chi connectivity index (χ4v) is 5.58. The van der Waals surface area contributed by atoms with Crippen molar-refractivity contribution in [3.8, 4) is 0 Å². The topological polar surface area (TPSA) is 90.5 Å². The minimum absolute atomic E-state index is 0.00485. The first-order valence-electron chi connectivity index (χ1n) is 10.5. The molecule has 1 saturated heterocycles. The number of ether oxygens (including phenoxy) is 1. The summed E-state index contributed by atoms with van der Waals surface area (Å²) < 4.78 is 9.92. The molecule has 1 unspecified atom stereocenters. The highest BCUT2D eigenvalue weighted by Crippen LogP contribution is 2.25. The standard InChI is InChI=1S/C22H23N5O3S2/c1-13-5-6-16(14(2)10-13)23-18(28)12-32-22-25-24-21-26(11-15-4-3-8-30-15)20(29)19-17(27(21)22)7-9-31-19/h5-7,9-10,15H,3-4,8,11-12H2,1-2H3,(H,23,28). The van der Waals surface area contributed by atoms with Gasteiger partial charge in [-0.1, -0.05) is 29.5 Å². The molecule has 0 radical (unpaired) electrons. The highest BCUT2D eigenvalue weighted by molar-refractivity contribution is 7.99. The highest BCUT2D eigenvalue weighted by atomic mass is 32.2. The maximum absolute atomic E-state index is 13.1. The Hall–Kier alpha value is -2.69. The van der Waals surface area contributed by atoms with Crippen LogP contribution in [0.3, 0.4) is 0 Å². The van der Waals surface area contributed by atoms with Crippen molar-refractivity contribution in [1.82, 2.24) is 19.2 Å². The average Bonchev–Trinajstić information content (AvgIpc) is 3.52. The molecule has 1 aliphatic heterocycles. The molecule has 166 valence electrons. The molecular formula is C22H23N5O3S2. The lowest BCUT2D eigenvalue weighted by Crippen LogP contribution is -2.28. The molecule has 1 fully saturated rings. The second-order valence-corrected chi connectivity index (χ2v) is 9.82. The summed E-state index contributed by atoms with van der Waals surface area (Å²) in [5.41, 5.74) is 3.67. The first-order chi connectivity index (χ1) is 15.5. The summed E-state index contributed by atoms with van der Waals surface area (Å²) >= 11 is 2.71. The molecule has 0 spiro atoms.